The minimum absolute atomic E-state index is 0.320. The third kappa shape index (κ3) is 4.76. The molecule has 0 amide bonds. The van der Waals surface area contributed by atoms with Crippen LogP contribution in [0.5, 0.6) is 0 Å². The number of aryl methyl sites for hydroxylation is 1. The average molecular weight is 465 g/mol. The molecule has 9 heteroatoms. The average Bonchev–Trinajstić information content (AvgIpc) is 3.27. The van der Waals surface area contributed by atoms with Gasteiger partial charge in [-0.05, 0) is 44.7 Å². The number of benzene rings is 1. The Bertz CT molecular complexity index is 1150. The number of hydrogen-bond donors (Lipinski definition) is 1. The maximum Gasteiger partial charge on any atom is 0.341 e. The lowest BCUT2D eigenvalue weighted by Crippen LogP contribution is -2.46. The van der Waals surface area contributed by atoms with Crippen molar-refractivity contribution >= 4 is 22.7 Å². The number of morpholine rings is 1. The summed E-state index contributed by atoms with van der Waals surface area (Å²) in [6.45, 7) is 5.91. The van der Waals surface area contributed by atoms with Crippen LogP contribution in [0.4, 0.5) is 5.82 Å². The first-order valence-corrected chi connectivity index (χ1v) is 12.2. The number of carbonyl (C=O) groups is 1. The van der Waals surface area contributed by atoms with Crippen LogP contribution in [0.25, 0.3) is 22.2 Å². The Kier molecular flexibility index (Phi) is 6.73. The van der Waals surface area contributed by atoms with E-state index in [2.05, 4.69) is 25.3 Å². The molecule has 34 heavy (non-hydrogen) atoms. The second-order valence-electron chi connectivity index (χ2n) is 9.04. The molecule has 2 fully saturated rings. The minimum Gasteiger partial charge on any atom is -0.462 e. The van der Waals surface area contributed by atoms with E-state index in [0.29, 0.717) is 29.9 Å². The van der Waals surface area contributed by atoms with Gasteiger partial charge in [-0.15, -0.1) is 0 Å². The zero-order chi connectivity index (χ0) is 23.5. The number of carbonyl (C=O) groups excluding carboxylic acids is 1. The van der Waals surface area contributed by atoms with E-state index >= 15 is 0 Å². The third-order valence-corrected chi connectivity index (χ3v) is 6.83. The molecule has 2 aromatic heterocycles. The van der Waals surface area contributed by atoms with Crippen LogP contribution >= 0.6 is 0 Å². The first kappa shape index (κ1) is 22.7. The molecular formula is C25H32N6O3. The van der Waals surface area contributed by atoms with Crippen LogP contribution < -0.4 is 5.32 Å². The SMILES string of the molecule is CCOC(=O)c1cn(C)nc1-c1ccc2ncnc(N[C@H]3CC[C@H](N4CCOCC4)CC3)c2c1. The van der Waals surface area contributed by atoms with E-state index in [0.717, 1.165) is 61.4 Å². The van der Waals surface area contributed by atoms with E-state index in [9.17, 15) is 4.79 Å². The lowest BCUT2D eigenvalue weighted by Gasteiger charge is -2.39. The summed E-state index contributed by atoms with van der Waals surface area (Å²) in [6, 6.07) is 6.95. The van der Waals surface area contributed by atoms with Crippen molar-refractivity contribution in [2.24, 2.45) is 7.05 Å². The maximum absolute atomic E-state index is 12.5. The van der Waals surface area contributed by atoms with E-state index in [1.54, 1.807) is 31.2 Å². The molecule has 180 valence electrons. The lowest BCUT2D eigenvalue weighted by molar-refractivity contribution is 0.00791. The molecule has 1 saturated heterocycles. The molecule has 0 bridgehead atoms. The Labute approximate surface area is 199 Å². The summed E-state index contributed by atoms with van der Waals surface area (Å²) in [5, 5.41) is 9.13. The van der Waals surface area contributed by atoms with Gasteiger partial charge < -0.3 is 14.8 Å². The molecule has 2 aliphatic rings. The van der Waals surface area contributed by atoms with Gasteiger partial charge in [0.05, 0.1) is 25.3 Å². The van der Waals surface area contributed by atoms with E-state index in [1.807, 2.05) is 18.2 Å². The van der Waals surface area contributed by atoms with Crippen LogP contribution in [0.3, 0.4) is 0 Å². The third-order valence-electron chi connectivity index (χ3n) is 6.83. The van der Waals surface area contributed by atoms with Gasteiger partial charge in [0.1, 0.15) is 23.4 Å². The highest BCUT2D eigenvalue weighted by Crippen LogP contribution is 2.31. The van der Waals surface area contributed by atoms with Crippen molar-refractivity contribution in [1.82, 2.24) is 24.6 Å². The standard InChI is InChI=1S/C25H32N6O3/c1-3-34-25(32)21-15-30(2)29-23(21)17-4-9-22-20(14-17)24(27-16-26-22)28-18-5-7-19(8-6-18)31-10-12-33-13-11-31/h4,9,14-16,18-19H,3,5-8,10-13H2,1-2H3,(H,26,27,28)/t18-,19-. The summed E-state index contributed by atoms with van der Waals surface area (Å²) in [6.07, 6.45) is 7.89. The van der Waals surface area contributed by atoms with Gasteiger partial charge in [-0.2, -0.15) is 5.10 Å². The van der Waals surface area contributed by atoms with Gasteiger partial charge in [-0.1, -0.05) is 6.07 Å². The predicted molar refractivity (Wildman–Crippen MR) is 130 cm³/mol. The first-order valence-electron chi connectivity index (χ1n) is 12.2. The number of fused-ring (bicyclic) bond motifs is 1. The van der Waals surface area contributed by atoms with Crippen molar-refractivity contribution in [3.05, 3.63) is 36.3 Å². The Morgan fingerprint density at radius 2 is 1.97 bits per heavy atom. The van der Waals surface area contributed by atoms with Crippen molar-refractivity contribution in [3.63, 3.8) is 0 Å². The Balaban J connectivity index is 1.36. The topological polar surface area (TPSA) is 94.4 Å². The summed E-state index contributed by atoms with van der Waals surface area (Å²) in [4.78, 5) is 24.1. The van der Waals surface area contributed by atoms with Crippen LogP contribution in [-0.2, 0) is 16.5 Å². The summed E-state index contributed by atoms with van der Waals surface area (Å²) in [5.41, 5.74) is 2.75. The molecular weight excluding hydrogens is 432 g/mol. The van der Waals surface area contributed by atoms with Crippen LogP contribution in [0.15, 0.2) is 30.7 Å². The number of esters is 1. The van der Waals surface area contributed by atoms with Gasteiger partial charge in [0.15, 0.2) is 0 Å². The second-order valence-corrected chi connectivity index (χ2v) is 9.04. The van der Waals surface area contributed by atoms with Gasteiger partial charge >= 0.3 is 5.97 Å². The quantitative estimate of drug-likeness (QED) is 0.556. The smallest absolute Gasteiger partial charge is 0.341 e. The number of rotatable bonds is 6. The van der Waals surface area contributed by atoms with Crippen molar-refractivity contribution in [3.8, 4) is 11.3 Å². The Morgan fingerprint density at radius 3 is 2.74 bits per heavy atom. The van der Waals surface area contributed by atoms with Gasteiger partial charge in [0.25, 0.3) is 0 Å². The number of nitrogens with zero attached hydrogens (tertiary/aromatic N) is 5. The molecule has 0 unspecified atom stereocenters. The summed E-state index contributed by atoms with van der Waals surface area (Å²) in [7, 11) is 1.80. The van der Waals surface area contributed by atoms with Crippen LogP contribution in [0.2, 0.25) is 0 Å². The van der Waals surface area contributed by atoms with E-state index in [1.165, 1.54) is 12.8 Å². The molecule has 0 spiro atoms. The van der Waals surface area contributed by atoms with Gasteiger partial charge in [0, 0.05) is 49.4 Å². The normalized spacial score (nSPS) is 21.5. The van der Waals surface area contributed by atoms with E-state index in [4.69, 9.17) is 9.47 Å². The highest BCUT2D eigenvalue weighted by Gasteiger charge is 2.27. The first-order chi connectivity index (χ1) is 16.6. The number of ether oxygens (including phenoxy) is 2. The number of nitrogens with one attached hydrogen (secondary N) is 1. The minimum atomic E-state index is -0.370. The number of hydrogen-bond acceptors (Lipinski definition) is 8. The molecule has 1 N–H and O–H groups in total. The van der Waals surface area contributed by atoms with Gasteiger partial charge in [0.2, 0.25) is 0 Å². The molecule has 0 radical (unpaired) electrons. The molecule has 1 saturated carbocycles. The largest absolute Gasteiger partial charge is 0.462 e. The molecule has 3 aromatic rings. The van der Waals surface area contributed by atoms with Gasteiger partial charge in [-0.25, -0.2) is 14.8 Å². The van der Waals surface area contributed by atoms with Crippen molar-refractivity contribution in [2.75, 3.05) is 38.2 Å². The predicted octanol–water partition coefficient (Wildman–Crippen LogP) is 3.26. The fourth-order valence-corrected chi connectivity index (χ4v) is 5.10. The summed E-state index contributed by atoms with van der Waals surface area (Å²) < 4.78 is 12.4. The zero-order valence-corrected chi connectivity index (χ0v) is 19.9. The lowest BCUT2D eigenvalue weighted by atomic mass is 9.90. The van der Waals surface area contributed by atoms with Crippen molar-refractivity contribution < 1.29 is 14.3 Å². The van der Waals surface area contributed by atoms with Crippen molar-refractivity contribution in [2.45, 2.75) is 44.7 Å². The van der Waals surface area contributed by atoms with Crippen LogP contribution in [0, 0.1) is 0 Å². The summed E-state index contributed by atoms with van der Waals surface area (Å²) >= 11 is 0. The molecule has 0 atom stereocenters. The van der Waals surface area contributed by atoms with Crippen LogP contribution in [0.1, 0.15) is 43.0 Å². The Hall–Kier alpha value is -3.04. The molecule has 1 aromatic carbocycles. The fraction of sp³-hybridized carbons (Fsp3) is 0.520. The highest BCUT2D eigenvalue weighted by molar-refractivity contribution is 5.98. The second kappa shape index (κ2) is 10.1. The zero-order valence-electron chi connectivity index (χ0n) is 19.9. The highest BCUT2D eigenvalue weighted by atomic mass is 16.5. The fourth-order valence-electron chi connectivity index (χ4n) is 5.10. The van der Waals surface area contributed by atoms with Gasteiger partial charge in [-0.3, -0.25) is 9.58 Å². The molecule has 1 aliphatic heterocycles. The van der Waals surface area contributed by atoms with E-state index < -0.39 is 0 Å². The summed E-state index contributed by atoms with van der Waals surface area (Å²) in [5.74, 6) is 0.459. The monoisotopic (exact) mass is 464 g/mol. The molecule has 1 aliphatic carbocycles. The Morgan fingerprint density at radius 1 is 1.18 bits per heavy atom. The number of aromatic nitrogens is 4. The molecule has 5 rings (SSSR count). The molecule has 3 heterocycles. The van der Waals surface area contributed by atoms with Crippen LogP contribution in [-0.4, -0.2) is 75.6 Å². The van der Waals surface area contributed by atoms with E-state index in [-0.39, 0.29) is 5.97 Å². The van der Waals surface area contributed by atoms with Crippen molar-refractivity contribution in [1.29, 1.82) is 0 Å². The maximum atomic E-state index is 12.5. The molecule has 9 nitrogen and oxygen atoms in total. The number of anilines is 1.